The van der Waals surface area contributed by atoms with Crippen LogP contribution in [-0.4, -0.2) is 30.4 Å². The van der Waals surface area contributed by atoms with Crippen molar-refractivity contribution in [3.05, 3.63) is 63.6 Å². The van der Waals surface area contributed by atoms with Gasteiger partial charge in [-0.1, -0.05) is 41.9 Å². The Morgan fingerprint density at radius 2 is 1.96 bits per heavy atom. The van der Waals surface area contributed by atoms with E-state index in [1.54, 1.807) is 0 Å². The van der Waals surface area contributed by atoms with Gasteiger partial charge in [-0.15, -0.1) is 0 Å². The monoisotopic (exact) mass is 420 g/mol. The third-order valence-electron chi connectivity index (χ3n) is 5.31. The normalized spacial score (nSPS) is 18.6. The molecule has 6 nitrogen and oxygen atoms in total. The van der Waals surface area contributed by atoms with Crippen molar-refractivity contribution in [2.24, 2.45) is 0 Å². The molecule has 0 radical (unpaired) electrons. The molecular weight excluding hydrogens is 400 g/mol. The molecule has 0 aliphatic carbocycles. The molecule has 8 heteroatoms. The lowest BCUT2D eigenvalue weighted by molar-refractivity contribution is 0.315. The van der Waals surface area contributed by atoms with E-state index in [2.05, 4.69) is 0 Å². The topological polar surface area (TPSA) is 72.5 Å². The first-order chi connectivity index (χ1) is 13.4. The molecule has 1 atom stereocenters. The summed E-state index contributed by atoms with van der Waals surface area (Å²) in [6, 6.07) is 12.8. The van der Waals surface area contributed by atoms with Gasteiger partial charge in [-0.25, -0.2) is 13.2 Å². The second-order valence-electron chi connectivity index (χ2n) is 6.98. The van der Waals surface area contributed by atoms with Crippen molar-refractivity contribution in [1.82, 2.24) is 8.87 Å². The zero-order valence-corrected chi connectivity index (χ0v) is 17.0. The van der Waals surface area contributed by atoms with Gasteiger partial charge in [0.15, 0.2) is 5.58 Å². The number of aromatic nitrogens is 1. The van der Waals surface area contributed by atoms with Crippen molar-refractivity contribution >= 4 is 32.7 Å². The molecule has 1 saturated heterocycles. The fourth-order valence-electron chi connectivity index (χ4n) is 3.86. The van der Waals surface area contributed by atoms with Crippen LogP contribution in [0.3, 0.4) is 0 Å². The van der Waals surface area contributed by atoms with Gasteiger partial charge in [-0.05, 0) is 37.3 Å². The molecule has 0 amide bonds. The predicted octanol–water partition coefficient (Wildman–Crippen LogP) is 3.84. The molecule has 28 heavy (non-hydrogen) atoms. The standard InChI is InChI=1S/C20H21ClN2O4S/c1-2-23-17-11-16(21)19(12-18(17)27-20(23)24)28(25,26)22-10-6-9-15(13-22)14-7-4-3-5-8-14/h3-5,7-8,11-12,15H,2,6,9-10,13H2,1H3/t15-/m1/s1. The number of halogens is 1. The third kappa shape index (κ3) is 3.27. The van der Waals surface area contributed by atoms with E-state index in [9.17, 15) is 13.2 Å². The zero-order chi connectivity index (χ0) is 19.9. The number of piperidine rings is 1. The van der Waals surface area contributed by atoms with Gasteiger partial charge in [0.2, 0.25) is 10.0 Å². The maximum atomic E-state index is 13.3. The van der Waals surface area contributed by atoms with E-state index in [-0.39, 0.29) is 21.4 Å². The Hall–Kier alpha value is -2.09. The number of rotatable bonds is 4. The van der Waals surface area contributed by atoms with Crippen LogP contribution in [0.4, 0.5) is 0 Å². The Morgan fingerprint density at radius 3 is 2.68 bits per heavy atom. The molecule has 0 unspecified atom stereocenters. The van der Waals surface area contributed by atoms with Gasteiger partial charge in [0.05, 0.1) is 10.5 Å². The maximum Gasteiger partial charge on any atom is 0.419 e. The van der Waals surface area contributed by atoms with E-state index in [1.807, 2.05) is 37.3 Å². The first-order valence-corrected chi connectivity index (χ1v) is 11.1. The van der Waals surface area contributed by atoms with E-state index >= 15 is 0 Å². The summed E-state index contributed by atoms with van der Waals surface area (Å²) in [4.78, 5) is 11.9. The highest BCUT2D eigenvalue weighted by atomic mass is 35.5. The number of aryl methyl sites for hydroxylation is 1. The van der Waals surface area contributed by atoms with Crippen molar-refractivity contribution in [2.45, 2.75) is 37.1 Å². The van der Waals surface area contributed by atoms with Crippen LogP contribution < -0.4 is 5.76 Å². The van der Waals surface area contributed by atoms with Gasteiger partial charge in [-0.3, -0.25) is 4.57 Å². The number of hydrogen-bond acceptors (Lipinski definition) is 4. The largest absolute Gasteiger partial charge is 0.419 e. The van der Waals surface area contributed by atoms with E-state index in [4.69, 9.17) is 16.0 Å². The Morgan fingerprint density at radius 1 is 1.21 bits per heavy atom. The summed E-state index contributed by atoms with van der Waals surface area (Å²) in [7, 11) is -3.81. The lowest BCUT2D eigenvalue weighted by Crippen LogP contribution is -2.39. The molecule has 0 spiro atoms. The summed E-state index contributed by atoms with van der Waals surface area (Å²) in [6.07, 6.45) is 1.72. The molecule has 0 N–H and O–H groups in total. The molecule has 1 fully saturated rings. The highest BCUT2D eigenvalue weighted by Gasteiger charge is 2.33. The van der Waals surface area contributed by atoms with Gasteiger partial charge in [-0.2, -0.15) is 4.31 Å². The van der Waals surface area contributed by atoms with Gasteiger partial charge in [0, 0.05) is 25.7 Å². The fraction of sp³-hybridized carbons (Fsp3) is 0.350. The summed E-state index contributed by atoms with van der Waals surface area (Å²) >= 11 is 6.34. The molecule has 1 aromatic heterocycles. The van der Waals surface area contributed by atoms with Crippen LogP contribution in [0.5, 0.6) is 0 Å². The molecule has 1 aliphatic rings. The Kier molecular flexibility index (Phi) is 5.07. The molecule has 3 aromatic rings. The fourth-order valence-corrected chi connectivity index (χ4v) is 5.89. The number of oxazole rings is 1. The summed E-state index contributed by atoms with van der Waals surface area (Å²) in [6.45, 7) is 3.08. The molecule has 0 bridgehead atoms. The van der Waals surface area contributed by atoms with Crippen LogP contribution >= 0.6 is 11.6 Å². The van der Waals surface area contributed by atoms with Crippen molar-refractivity contribution in [3.63, 3.8) is 0 Å². The average Bonchev–Trinajstić information content (AvgIpc) is 3.02. The number of nitrogens with zero attached hydrogens (tertiary/aromatic N) is 2. The predicted molar refractivity (Wildman–Crippen MR) is 108 cm³/mol. The van der Waals surface area contributed by atoms with Crippen LogP contribution in [0.2, 0.25) is 5.02 Å². The average molecular weight is 421 g/mol. The van der Waals surface area contributed by atoms with Crippen molar-refractivity contribution < 1.29 is 12.8 Å². The molecule has 2 aromatic carbocycles. The highest BCUT2D eigenvalue weighted by Crippen LogP contribution is 2.34. The maximum absolute atomic E-state index is 13.3. The minimum Gasteiger partial charge on any atom is -0.408 e. The summed E-state index contributed by atoms with van der Waals surface area (Å²) < 4.78 is 34.7. The second-order valence-corrected chi connectivity index (χ2v) is 9.29. The van der Waals surface area contributed by atoms with Crippen LogP contribution in [0, 0.1) is 0 Å². The van der Waals surface area contributed by atoms with E-state index < -0.39 is 15.8 Å². The number of benzene rings is 2. The van der Waals surface area contributed by atoms with Crippen LogP contribution in [0.15, 0.2) is 56.6 Å². The summed E-state index contributed by atoms with van der Waals surface area (Å²) in [5.41, 5.74) is 1.86. The van der Waals surface area contributed by atoms with Gasteiger partial charge >= 0.3 is 5.76 Å². The molecule has 0 saturated carbocycles. The highest BCUT2D eigenvalue weighted by molar-refractivity contribution is 7.89. The smallest absolute Gasteiger partial charge is 0.408 e. The molecule has 148 valence electrons. The van der Waals surface area contributed by atoms with Crippen molar-refractivity contribution in [2.75, 3.05) is 13.1 Å². The second kappa shape index (κ2) is 7.39. The SMILES string of the molecule is CCn1c(=O)oc2cc(S(=O)(=O)N3CCC[C@@H](c4ccccc4)C3)c(Cl)cc21. The van der Waals surface area contributed by atoms with Gasteiger partial charge in [0.25, 0.3) is 0 Å². The third-order valence-corrected chi connectivity index (χ3v) is 7.64. The molecular formula is C20H21ClN2O4S. The first kappa shape index (κ1) is 19.2. The van der Waals surface area contributed by atoms with Gasteiger partial charge in [0.1, 0.15) is 4.90 Å². The van der Waals surface area contributed by atoms with E-state index in [0.29, 0.717) is 25.2 Å². The minimum absolute atomic E-state index is 0.0209. The molecule has 2 heterocycles. The van der Waals surface area contributed by atoms with Crippen molar-refractivity contribution in [1.29, 1.82) is 0 Å². The number of sulfonamides is 1. The Labute approximate surface area is 168 Å². The summed E-state index contributed by atoms with van der Waals surface area (Å²) in [5, 5.41) is 0.0948. The lowest BCUT2D eigenvalue weighted by atomic mass is 9.92. The first-order valence-electron chi connectivity index (χ1n) is 9.29. The molecule has 4 rings (SSSR count). The molecule has 1 aliphatic heterocycles. The lowest BCUT2D eigenvalue weighted by Gasteiger charge is -2.32. The van der Waals surface area contributed by atoms with E-state index in [0.717, 1.165) is 18.4 Å². The van der Waals surface area contributed by atoms with Gasteiger partial charge < -0.3 is 4.42 Å². The zero-order valence-electron chi connectivity index (χ0n) is 15.5. The Bertz CT molecular complexity index is 1170. The van der Waals surface area contributed by atoms with E-state index in [1.165, 1.54) is 21.0 Å². The summed E-state index contributed by atoms with van der Waals surface area (Å²) in [5.74, 6) is -0.378. The van der Waals surface area contributed by atoms with Crippen LogP contribution in [-0.2, 0) is 16.6 Å². The minimum atomic E-state index is -3.81. The Balaban J connectivity index is 1.71. The van der Waals surface area contributed by atoms with Crippen LogP contribution in [0.1, 0.15) is 31.2 Å². The number of hydrogen-bond donors (Lipinski definition) is 0. The quantitative estimate of drug-likeness (QED) is 0.642. The van der Waals surface area contributed by atoms with Crippen molar-refractivity contribution in [3.8, 4) is 0 Å². The number of fused-ring (bicyclic) bond motifs is 1. The van der Waals surface area contributed by atoms with Crippen LogP contribution in [0.25, 0.3) is 11.1 Å².